The number of pyridine rings is 1. The Balaban J connectivity index is 0.00000361. The Morgan fingerprint density at radius 3 is 2.04 bits per heavy atom. The molecule has 0 aliphatic carbocycles. The van der Waals surface area contributed by atoms with Crippen molar-refractivity contribution in [3.8, 4) is 51.3 Å². The third-order valence-electron chi connectivity index (χ3n) is 9.69. The molecule has 0 unspecified atom stereocenters. The molecule has 0 N–H and O–H groups in total. The number of hydrogen-bond acceptors (Lipinski definition) is 4. The molecule has 246 valence electrons. The summed E-state index contributed by atoms with van der Waals surface area (Å²) in [6.07, 6.45) is 1.89. The van der Waals surface area contributed by atoms with E-state index in [1.165, 1.54) is 5.56 Å². The predicted octanol–water partition coefficient (Wildman–Crippen LogP) is 8.50. The maximum absolute atomic E-state index is 6.73. The molecule has 0 saturated heterocycles. The largest absolute Gasteiger partial charge is 2.00 e. The van der Waals surface area contributed by atoms with Crippen LogP contribution >= 0.6 is 0 Å². The van der Waals surface area contributed by atoms with Gasteiger partial charge < -0.3 is 19.0 Å². The van der Waals surface area contributed by atoms with Crippen molar-refractivity contribution in [2.45, 2.75) is 46.0 Å². The average Bonchev–Trinajstić information content (AvgIpc) is 3.51. The monoisotopic (exact) mass is 830 g/mol. The van der Waals surface area contributed by atoms with Crippen LogP contribution in [0.4, 0.5) is 0 Å². The maximum atomic E-state index is 6.73. The van der Waals surface area contributed by atoms with E-state index >= 15 is 0 Å². The van der Waals surface area contributed by atoms with Crippen LogP contribution in [0.3, 0.4) is 0 Å². The number of ether oxygens (including phenoxy) is 2. The molecule has 7 aromatic rings. The predicted molar refractivity (Wildman–Crippen MR) is 198 cm³/mol. The van der Waals surface area contributed by atoms with Gasteiger partial charge in [0.1, 0.15) is 11.5 Å². The van der Waals surface area contributed by atoms with E-state index in [0.717, 1.165) is 84.3 Å². The summed E-state index contributed by atoms with van der Waals surface area (Å²) in [6, 6.07) is 43.1. The molecule has 50 heavy (non-hydrogen) atoms. The second-order valence-corrected chi connectivity index (χ2v) is 14.3. The topological polar surface area (TPSA) is 49.2 Å². The number of rotatable bonds is 4. The van der Waals surface area contributed by atoms with Crippen LogP contribution in [0, 0.1) is 12.1 Å². The van der Waals surface area contributed by atoms with Crippen LogP contribution in [-0.4, -0.2) is 21.2 Å². The molecule has 0 fully saturated rings. The summed E-state index contributed by atoms with van der Waals surface area (Å²) in [5.41, 5.74) is 10.9. The fraction of sp³-hybridized carbons (Fsp3) is 0.163. The minimum absolute atomic E-state index is 0. The molecule has 0 spiro atoms. The summed E-state index contributed by atoms with van der Waals surface area (Å²) in [7, 11) is 0. The average molecular weight is 831 g/mol. The summed E-state index contributed by atoms with van der Waals surface area (Å²) in [6.45, 7) is 10.8. The molecule has 0 radical (unpaired) electrons. The number of benzene rings is 5. The zero-order valence-corrected chi connectivity index (χ0v) is 30.8. The van der Waals surface area contributed by atoms with E-state index in [9.17, 15) is 0 Å². The number of para-hydroxylation sites is 3. The minimum atomic E-state index is -0.214. The van der Waals surface area contributed by atoms with E-state index < -0.39 is 0 Å². The molecule has 0 atom stereocenters. The molecule has 5 nitrogen and oxygen atoms in total. The number of imidazole rings is 1. The van der Waals surface area contributed by atoms with Crippen LogP contribution in [-0.2, 0) is 26.5 Å². The van der Waals surface area contributed by atoms with Crippen molar-refractivity contribution in [2.75, 3.05) is 0 Å². The van der Waals surface area contributed by atoms with Gasteiger partial charge in [-0.05, 0) is 65.1 Å². The van der Waals surface area contributed by atoms with Crippen LogP contribution in [0.2, 0.25) is 0 Å². The van der Waals surface area contributed by atoms with E-state index in [4.69, 9.17) is 19.4 Å². The summed E-state index contributed by atoms with van der Waals surface area (Å²) >= 11 is 0. The third-order valence-corrected chi connectivity index (χ3v) is 9.69. The molecule has 4 heterocycles. The van der Waals surface area contributed by atoms with Crippen LogP contribution in [0.25, 0.3) is 39.4 Å². The number of nitrogens with zero attached hydrogens (tertiary/aromatic N) is 3. The molecule has 9 rings (SSSR count). The molecule has 2 aromatic heterocycles. The summed E-state index contributed by atoms with van der Waals surface area (Å²) in [4.78, 5) is 9.89. The fourth-order valence-electron chi connectivity index (χ4n) is 7.04. The molecule has 0 bridgehead atoms. The Bertz CT molecular complexity index is 2410. The van der Waals surface area contributed by atoms with Gasteiger partial charge in [0.15, 0.2) is 0 Å². The van der Waals surface area contributed by atoms with Gasteiger partial charge in [-0.1, -0.05) is 76.6 Å². The molecule has 5 aromatic carbocycles. The van der Waals surface area contributed by atoms with E-state index in [0.29, 0.717) is 5.92 Å². The van der Waals surface area contributed by atoms with Crippen LogP contribution < -0.4 is 25.9 Å². The van der Waals surface area contributed by atoms with Gasteiger partial charge in [0.05, 0.1) is 16.9 Å². The fourth-order valence-corrected chi connectivity index (χ4v) is 7.04. The normalized spacial score (nSPS) is 12.8. The number of hydrogen-bond donors (Lipinski definition) is 0. The first-order valence-corrected chi connectivity index (χ1v) is 16.9. The van der Waals surface area contributed by atoms with Crippen LogP contribution in [0.5, 0.6) is 23.0 Å². The van der Waals surface area contributed by atoms with Gasteiger partial charge in [-0.3, -0.25) is 4.98 Å². The van der Waals surface area contributed by atoms with Gasteiger partial charge in [-0.15, -0.1) is 58.5 Å². The molecule has 2 aliphatic rings. The molecular formula is C43H34BN3O2Pt. The second kappa shape index (κ2) is 12.1. The minimum Gasteiger partial charge on any atom is -0.503 e. The first kappa shape index (κ1) is 32.3. The van der Waals surface area contributed by atoms with Crippen molar-refractivity contribution in [2.24, 2.45) is 0 Å². The molecular weight excluding hydrogens is 796 g/mol. The van der Waals surface area contributed by atoms with Crippen molar-refractivity contribution < 1.29 is 30.5 Å². The number of aromatic nitrogens is 3. The van der Waals surface area contributed by atoms with E-state index in [2.05, 4.69) is 142 Å². The quantitative estimate of drug-likeness (QED) is 0.132. The summed E-state index contributed by atoms with van der Waals surface area (Å²) in [5, 5.41) is 0. The summed E-state index contributed by atoms with van der Waals surface area (Å²) in [5.74, 6) is 4.38. The Kier molecular flexibility index (Phi) is 7.84. The van der Waals surface area contributed by atoms with Crippen molar-refractivity contribution in [3.05, 3.63) is 133 Å². The standard InChI is InChI=1S/C43H34BN3O2.Pt/c1-26(2)27-19-20-45-35(23-27)28-15-17-37-32(21-28)44-33-22-29(42-46-34-13-9-10-14-36(34)47(42)31-11-7-6-8-12-31)16-18-38(33)49-40-25-30(43(3,4)5)24-39(48-37)41(40)44;/h6-20,23-26H,1-5H3;/q-2;+2. The third kappa shape index (κ3) is 5.29. The second-order valence-electron chi connectivity index (χ2n) is 14.3. The number of fused-ring (bicyclic) bond motifs is 5. The zero-order valence-electron chi connectivity index (χ0n) is 28.5. The Morgan fingerprint density at radius 2 is 1.36 bits per heavy atom. The molecule has 7 heteroatoms. The Morgan fingerprint density at radius 1 is 0.720 bits per heavy atom. The Hall–Kier alpha value is -4.93. The van der Waals surface area contributed by atoms with Crippen molar-refractivity contribution in [3.63, 3.8) is 0 Å². The molecule has 2 aliphatic heterocycles. The van der Waals surface area contributed by atoms with Gasteiger partial charge in [0.25, 0.3) is 0 Å². The first-order valence-electron chi connectivity index (χ1n) is 16.9. The maximum Gasteiger partial charge on any atom is 2.00 e. The van der Waals surface area contributed by atoms with E-state index in [-0.39, 0.29) is 33.2 Å². The van der Waals surface area contributed by atoms with Crippen molar-refractivity contribution in [1.29, 1.82) is 0 Å². The van der Waals surface area contributed by atoms with Gasteiger partial charge in [0, 0.05) is 28.8 Å². The smallest absolute Gasteiger partial charge is 0.503 e. The summed E-state index contributed by atoms with van der Waals surface area (Å²) < 4.78 is 15.6. The first-order chi connectivity index (χ1) is 23.7. The Labute approximate surface area is 307 Å². The van der Waals surface area contributed by atoms with E-state index in [1.54, 1.807) is 0 Å². The zero-order chi connectivity index (χ0) is 33.4. The van der Waals surface area contributed by atoms with Crippen molar-refractivity contribution >= 4 is 34.1 Å². The van der Waals surface area contributed by atoms with Crippen LogP contribution in [0.1, 0.15) is 51.7 Å². The van der Waals surface area contributed by atoms with Gasteiger partial charge >= 0.3 is 21.1 Å². The molecule has 0 amide bonds. The van der Waals surface area contributed by atoms with Crippen LogP contribution in [0.15, 0.2) is 109 Å². The van der Waals surface area contributed by atoms with Crippen molar-refractivity contribution in [1.82, 2.24) is 14.5 Å². The molecule has 0 saturated carbocycles. The SMILES string of the molecule is CC(C)c1ccnc(-c2[c-]c3c(cc2)Oc2cc(C(C)(C)C)cc4c2B3c2[c-]c(-c3nc5ccccc5n3-c3ccccc3)ccc2O4)c1.[Pt+2]. The van der Waals surface area contributed by atoms with E-state index in [1.807, 2.05) is 18.3 Å². The van der Waals surface area contributed by atoms with Gasteiger partial charge in [-0.25, -0.2) is 0 Å². The van der Waals surface area contributed by atoms with Gasteiger partial charge in [0.2, 0.25) is 6.71 Å². The van der Waals surface area contributed by atoms with Gasteiger partial charge in [-0.2, -0.15) is 0 Å².